The largest absolute Gasteiger partial charge is 0.472 e. The van der Waals surface area contributed by atoms with Gasteiger partial charge in [-0.3, -0.25) is 32.5 Å². The highest BCUT2D eigenvalue weighted by Gasteiger charge is 2.29. The maximum absolute atomic E-state index is 13.0. The summed E-state index contributed by atoms with van der Waals surface area (Å²) in [7, 11) is -9.84. The lowest BCUT2D eigenvalue weighted by Gasteiger charge is -2.21. The third-order valence-electron chi connectivity index (χ3n) is 14.8. The van der Waals surface area contributed by atoms with Gasteiger partial charge in [0.25, 0.3) is 0 Å². The molecule has 5 unspecified atom stereocenters. The zero-order valence-electron chi connectivity index (χ0n) is 62.0. The van der Waals surface area contributed by atoms with Gasteiger partial charge in [-0.1, -0.05) is 273 Å². The first-order chi connectivity index (χ1) is 49.2. The minimum Gasteiger partial charge on any atom is -0.463 e. The highest BCUT2D eigenvalue weighted by atomic mass is 31.2. The van der Waals surface area contributed by atoms with Crippen molar-refractivity contribution in [2.24, 2.45) is 0 Å². The second kappa shape index (κ2) is 74.1. The smallest absolute Gasteiger partial charge is 0.463 e. The van der Waals surface area contributed by atoms with Crippen molar-refractivity contribution < 1.29 is 75.8 Å². The molecule has 0 aliphatic heterocycles. The van der Waals surface area contributed by atoms with Gasteiger partial charge in [0.15, 0.2) is 6.10 Å². The number of hydrogen-bond acceptors (Lipinski definition) is 14. The van der Waals surface area contributed by atoms with Gasteiger partial charge >= 0.3 is 33.6 Å². The van der Waals surface area contributed by atoms with Crippen molar-refractivity contribution in [1.82, 2.24) is 0 Å². The van der Waals surface area contributed by atoms with Crippen LogP contribution in [-0.2, 0) is 55.8 Å². The highest BCUT2D eigenvalue weighted by Crippen LogP contribution is 2.45. The van der Waals surface area contributed by atoms with E-state index >= 15 is 0 Å². The summed E-state index contributed by atoms with van der Waals surface area (Å²) >= 11 is 0. The van der Waals surface area contributed by atoms with Crippen LogP contribution in [0.1, 0.15) is 252 Å². The van der Waals surface area contributed by atoms with E-state index in [2.05, 4.69) is 197 Å². The molecule has 16 nitrogen and oxygen atoms in total. The summed E-state index contributed by atoms with van der Waals surface area (Å²) in [5.74, 6) is -1.73. The Morgan fingerprint density at radius 2 is 0.545 bits per heavy atom. The molecule has 5 atom stereocenters. The quantitative estimate of drug-likeness (QED) is 0.0146. The SMILES string of the molecule is CC/C=C\C/C=C\C/C=C\C/C=C\C/C=C\C/C=C\CCCCCCC(=O)OCC(O)COP(=O)(O)OCC(O)COP(=O)(O)OCC(COC(=O)CCCCCCCCC/C=C\C/C=C\C/C=C\C/C=C\CCCCC)OC(=O)CC/C=C\C/C=C\C/C=C\C/C=C\C/C=C\C/C=C\CC. The van der Waals surface area contributed by atoms with E-state index in [0.29, 0.717) is 25.7 Å². The summed E-state index contributed by atoms with van der Waals surface area (Å²) in [6.07, 6.45) is 96.3. The summed E-state index contributed by atoms with van der Waals surface area (Å²) in [6.45, 7) is 2.25. The number of aliphatic hydroxyl groups is 2. The zero-order chi connectivity index (χ0) is 73.7. The molecule has 18 heteroatoms. The molecule has 0 fully saturated rings. The summed E-state index contributed by atoms with van der Waals surface area (Å²) in [5.41, 5.74) is 0. The van der Waals surface area contributed by atoms with Crippen LogP contribution >= 0.6 is 15.6 Å². The molecule has 0 saturated heterocycles. The third kappa shape index (κ3) is 75.4. The first-order valence-corrected chi connectivity index (χ1v) is 40.7. The second-order valence-electron chi connectivity index (χ2n) is 24.3. The number of ether oxygens (including phenoxy) is 3. The molecule has 570 valence electrons. The lowest BCUT2D eigenvalue weighted by atomic mass is 10.1. The number of phosphoric ester groups is 2. The molecule has 0 spiro atoms. The Bertz CT molecular complexity index is 2620. The van der Waals surface area contributed by atoms with Gasteiger partial charge in [-0.15, -0.1) is 0 Å². The average molecular weight is 1450 g/mol. The van der Waals surface area contributed by atoms with Gasteiger partial charge in [0.05, 0.1) is 26.4 Å². The molecular formula is C83H132O16P2. The predicted molar refractivity (Wildman–Crippen MR) is 417 cm³/mol. The van der Waals surface area contributed by atoms with E-state index in [0.717, 1.165) is 161 Å². The van der Waals surface area contributed by atoms with Crippen molar-refractivity contribution in [3.05, 3.63) is 194 Å². The number of carbonyl (C=O) groups excluding carboxylic acids is 3. The van der Waals surface area contributed by atoms with Crippen LogP contribution in [0.2, 0.25) is 0 Å². The van der Waals surface area contributed by atoms with E-state index in [4.69, 9.17) is 32.3 Å². The Morgan fingerprint density at radius 1 is 0.287 bits per heavy atom. The van der Waals surface area contributed by atoms with E-state index in [9.17, 15) is 43.5 Å². The fraction of sp³-hybridized carbons (Fsp3) is 0.578. The molecule has 0 aliphatic rings. The molecule has 0 aromatic carbocycles. The van der Waals surface area contributed by atoms with Crippen LogP contribution in [0.25, 0.3) is 0 Å². The topological polar surface area (TPSA) is 231 Å². The third-order valence-corrected chi connectivity index (χ3v) is 16.7. The minimum absolute atomic E-state index is 0.0321. The van der Waals surface area contributed by atoms with E-state index in [-0.39, 0.29) is 19.3 Å². The van der Waals surface area contributed by atoms with E-state index in [1.165, 1.54) is 25.7 Å². The van der Waals surface area contributed by atoms with Gasteiger partial charge in [-0.05, 0) is 154 Å². The molecule has 0 aliphatic carbocycles. The lowest BCUT2D eigenvalue weighted by Crippen LogP contribution is -2.29. The predicted octanol–water partition coefficient (Wildman–Crippen LogP) is 22.0. The van der Waals surface area contributed by atoms with Gasteiger partial charge in [0.2, 0.25) is 0 Å². The molecule has 0 aromatic rings. The lowest BCUT2D eigenvalue weighted by molar-refractivity contribution is -0.161. The molecule has 101 heavy (non-hydrogen) atoms. The molecule has 0 heterocycles. The normalized spacial score (nSPS) is 15.1. The molecule has 4 N–H and O–H groups in total. The number of carbonyl (C=O) groups is 3. The first kappa shape index (κ1) is 95.4. The number of unbranched alkanes of at least 4 members (excludes halogenated alkanes) is 14. The van der Waals surface area contributed by atoms with Crippen molar-refractivity contribution >= 4 is 33.6 Å². The minimum atomic E-state index is -4.97. The van der Waals surface area contributed by atoms with E-state index in [1.54, 1.807) is 0 Å². The fourth-order valence-corrected chi connectivity index (χ4v) is 10.7. The highest BCUT2D eigenvalue weighted by molar-refractivity contribution is 7.47. The van der Waals surface area contributed by atoms with Crippen molar-refractivity contribution in [2.75, 3.05) is 39.6 Å². The van der Waals surface area contributed by atoms with Crippen LogP contribution in [0.5, 0.6) is 0 Å². The summed E-state index contributed by atoms with van der Waals surface area (Å²) in [4.78, 5) is 58.6. The Labute approximate surface area is 610 Å². The van der Waals surface area contributed by atoms with Crippen LogP contribution in [0.15, 0.2) is 194 Å². The van der Waals surface area contributed by atoms with Crippen molar-refractivity contribution in [2.45, 2.75) is 270 Å². The van der Waals surface area contributed by atoms with Crippen LogP contribution in [0, 0.1) is 0 Å². The van der Waals surface area contributed by atoms with Gasteiger partial charge in [-0.2, -0.15) is 0 Å². The van der Waals surface area contributed by atoms with E-state index in [1.807, 2.05) is 18.2 Å². The number of aliphatic hydroxyl groups excluding tert-OH is 2. The monoisotopic (exact) mass is 1450 g/mol. The number of esters is 3. The van der Waals surface area contributed by atoms with Gasteiger partial charge in [-0.25, -0.2) is 9.13 Å². The number of hydrogen-bond donors (Lipinski definition) is 4. The number of allylic oxidation sites excluding steroid dienone is 32. The Morgan fingerprint density at radius 3 is 0.871 bits per heavy atom. The Hall–Kier alpha value is -5.61. The van der Waals surface area contributed by atoms with Gasteiger partial charge in [0.1, 0.15) is 25.4 Å². The van der Waals surface area contributed by atoms with Crippen molar-refractivity contribution in [3.63, 3.8) is 0 Å². The summed E-state index contributed by atoms with van der Waals surface area (Å²) in [5, 5.41) is 20.6. The zero-order valence-corrected chi connectivity index (χ0v) is 63.8. The maximum atomic E-state index is 13.0. The van der Waals surface area contributed by atoms with Crippen LogP contribution < -0.4 is 0 Å². The summed E-state index contributed by atoms with van der Waals surface area (Å²) < 4.78 is 61.0. The average Bonchev–Trinajstić information content (AvgIpc) is 1.05. The molecule has 0 radical (unpaired) electrons. The fourth-order valence-electron chi connectivity index (χ4n) is 9.11. The molecule has 0 saturated carbocycles. The van der Waals surface area contributed by atoms with Crippen molar-refractivity contribution in [1.29, 1.82) is 0 Å². The van der Waals surface area contributed by atoms with Gasteiger partial charge < -0.3 is 34.2 Å². The Balaban J connectivity index is 4.82. The van der Waals surface area contributed by atoms with Gasteiger partial charge in [0, 0.05) is 19.3 Å². The van der Waals surface area contributed by atoms with E-state index < -0.39 is 91.5 Å². The molecule has 0 bridgehead atoms. The van der Waals surface area contributed by atoms with Crippen LogP contribution in [0.4, 0.5) is 0 Å². The first-order valence-electron chi connectivity index (χ1n) is 37.7. The molecule has 0 rings (SSSR count). The van der Waals surface area contributed by atoms with Crippen LogP contribution in [-0.4, -0.2) is 95.9 Å². The number of rotatable bonds is 69. The van der Waals surface area contributed by atoms with Crippen LogP contribution in [0.3, 0.4) is 0 Å². The maximum Gasteiger partial charge on any atom is 0.472 e. The number of phosphoric acid groups is 2. The Kier molecular flexibility index (Phi) is 70.0. The molecule has 0 amide bonds. The summed E-state index contributed by atoms with van der Waals surface area (Å²) in [6, 6.07) is 0. The standard InChI is InChI=1S/C83H132O16P2/c1-4-7-10-13-16-19-22-25-28-31-34-36-38-40-43-45-48-51-54-57-60-63-66-69-81(86)93-72-78(84)73-95-100(89,90)96-74-79(85)75-97-101(91,92)98-77-80(99-83(88)71-68-65-62-59-56-53-50-47-42-33-30-27-24-21-18-15-12-9-6-3)76-94-82(87)70-67-64-61-58-55-52-49-46-44-41-39-37-35-32-29-26-23-20-17-14-11-8-5-2/h7,9-10,12,16-21,25-30,34-37,40-44,47-48,51,53,56,62,65,78-80,84-85H,4-6,8,11,13-15,22-24,31-33,38-39,45-46,49-50,52,54-55,57-61,63-64,66-77H2,1-3H3,(H,89,90)(H,91,92)/b10-7-,12-9-,19-16-,20-17-,21-18-,28-25-,29-26-,30-27-,36-34-,37-35-,43-40-,44-41-,47-42-,51-48-,56-53-,65-62-. The second-order valence-corrected chi connectivity index (χ2v) is 27.2. The molecule has 0 aromatic heterocycles. The molecular weight excluding hydrogens is 1310 g/mol. The van der Waals surface area contributed by atoms with Crippen molar-refractivity contribution in [3.8, 4) is 0 Å².